The van der Waals surface area contributed by atoms with Crippen molar-refractivity contribution in [3.05, 3.63) is 75.8 Å². The van der Waals surface area contributed by atoms with Crippen LogP contribution in [0, 0.1) is 10.1 Å². The molecule has 0 heterocycles. The topological polar surface area (TPSA) is 137 Å². The van der Waals surface area contributed by atoms with Crippen molar-refractivity contribution in [2.45, 2.75) is 45.4 Å². The lowest BCUT2D eigenvalue weighted by atomic mass is 10.0. The molecule has 0 aliphatic carbocycles. The molecule has 0 fully saturated rings. The van der Waals surface area contributed by atoms with Gasteiger partial charge in [0, 0.05) is 18.6 Å². The summed E-state index contributed by atoms with van der Waals surface area (Å²) in [4.78, 5) is 47.2. The van der Waals surface area contributed by atoms with Crippen molar-refractivity contribution in [1.29, 1.82) is 0 Å². The van der Waals surface area contributed by atoms with Crippen molar-refractivity contribution in [2.24, 2.45) is 0 Å². The Labute approximate surface area is 191 Å². The van der Waals surface area contributed by atoms with Gasteiger partial charge in [0.15, 0.2) is 0 Å². The maximum Gasteiger partial charge on any atom is 0.408 e. The summed E-state index contributed by atoms with van der Waals surface area (Å²) >= 11 is 0. The molecule has 2 amide bonds. The van der Waals surface area contributed by atoms with Crippen LogP contribution >= 0.6 is 0 Å². The fourth-order valence-corrected chi connectivity index (χ4v) is 2.72. The minimum Gasteiger partial charge on any atom is -0.460 e. The number of nitro benzene ring substituents is 1. The number of hydrogen-bond donors (Lipinski definition) is 2. The predicted molar refractivity (Wildman–Crippen MR) is 119 cm³/mol. The Kier molecular flexibility index (Phi) is 8.90. The smallest absolute Gasteiger partial charge is 0.408 e. The van der Waals surface area contributed by atoms with E-state index in [9.17, 15) is 24.5 Å². The molecule has 0 aliphatic heterocycles. The van der Waals surface area contributed by atoms with E-state index in [1.807, 2.05) is 18.2 Å². The zero-order chi connectivity index (χ0) is 24.4. The van der Waals surface area contributed by atoms with E-state index >= 15 is 0 Å². The van der Waals surface area contributed by atoms with E-state index in [-0.39, 0.29) is 18.7 Å². The van der Waals surface area contributed by atoms with E-state index in [2.05, 4.69) is 10.6 Å². The zero-order valence-corrected chi connectivity index (χ0v) is 18.7. The Balaban J connectivity index is 1.99. The summed E-state index contributed by atoms with van der Waals surface area (Å²) in [6, 6.07) is 13.6. The molecule has 1 atom stereocenters. The highest BCUT2D eigenvalue weighted by Crippen LogP contribution is 2.14. The van der Waals surface area contributed by atoms with Crippen LogP contribution in [-0.2, 0) is 32.1 Å². The Morgan fingerprint density at radius 2 is 1.64 bits per heavy atom. The second kappa shape index (κ2) is 11.6. The van der Waals surface area contributed by atoms with Crippen LogP contribution < -0.4 is 10.6 Å². The third-order valence-corrected chi connectivity index (χ3v) is 4.24. The van der Waals surface area contributed by atoms with Gasteiger partial charge in [-0.15, -0.1) is 0 Å². The summed E-state index contributed by atoms with van der Waals surface area (Å²) in [6.45, 7) is 4.72. The van der Waals surface area contributed by atoms with Crippen LogP contribution in [0.25, 0.3) is 0 Å². The molecule has 0 unspecified atom stereocenters. The van der Waals surface area contributed by atoms with Crippen molar-refractivity contribution in [2.75, 3.05) is 6.54 Å². The molecule has 0 bridgehead atoms. The number of non-ortho nitro benzene ring substituents is 1. The van der Waals surface area contributed by atoms with Crippen molar-refractivity contribution in [1.82, 2.24) is 10.6 Å². The summed E-state index contributed by atoms with van der Waals surface area (Å²) in [5.41, 5.74) is 0.504. The van der Waals surface area contributed by atoms with Gasteiger partial charge in [0.2, 0.25) is 5.91 Å². The quantitative estimate of drug-likeness (QED) is 0.335. The van der Waals surface area contributed by atoms with E-state index in [0.29, 0.717) is 5.56 Å². The third-order valence-electron chi connectivity index (χ3n) is 4.24. The zero-order valence-electron chi connectivity index (χ0n) is 18.7. The van der Waals surface area contributed by atoms with E-state index in [1.54, 1.807) is 32.9 Å². The van der Waals surface area contributed by atoms with Crippen LogP contribution in [0.15, 0.2) is 54.6 Å². The standard InChI is InChI=1S/C23H27N3O7/c1-23(2,3)33-22(29)25-19(13-16-9-11-18(12-10-16)26(30)31)21(28)24-14-20(27)32-15-17-7-5-4-6-8-17/h4-12,19H,13-15H2,1-3H3,(H,24,28)(H,25,29)/t19-/m1/s1. The molecular formula is C23H27N3O7. The summed E-state index contributed by atoms with van der Waals surface area (Å²) in [7, 11) is 0. The van der Waals surface area contributed by atoms with Gasteiger partial charge in [-0.25, -0.2) is 4.79 Å². The summed E-state index contributed by atoms with van der Waals surface area (Å²) < 4.78 is 10.3. The highest BCUT2D eigenvalue weighted by atomic mass is 16.6. The second-order valence-corrected chi connectivity index (χ2v) is 8.19. The molecule has 176 valence electrons. The van der Waals surface area contributed by atoms with Crippen molar-refractivity contribution < 1.29 is 28.8 Å². The normalized spacial score (nSPS) is 11.7. The number of nitro groups is 1. The number of carbonyl (C=O) groups excluding carboxylic acids is 3. The lowest BCUT2D eigenvalue weighted by molar-refractivity contribution is -0.384. The van der Waals surface area contributed by atoms with E-state index < -0.39 is 41.1 Å². The Morgan fingerprint density at radius 1 is 1.00 bits per heavy atom. The Hall–Kier alpha value is -3.95. The van der Waals surface area contributed by atoms with Crippen LogP contribution in [-0.4, -0.2) is 41.1 Å². The largest absolute Gasteiger partial charge is 0.460 e. The number of alkyl carbamates (subject to hydrolysis) is 1. The van der Waals surface area contributed by atoms with E-state index in [1.165, 1.54) is 24.3 Å². The van der Waals surface area contributed by atoms with E-state index in [0.717, 1.165) is 5.56 Å². The molecule has 0 saturated carbocycles. The van der Waals surface area contributed by atoms with Crippen LogP contribution in [0.5, 0.6) is 0 Å². The highest BCUT2D eigenvalue weighted by molar-refractivity contribution is 5.88. The molecule has 2 rings (SSSR count). The van der Waals surface area contributed by atoms with Gasteiger partial charge >= 0.3 is 12.1 Å². The lowest BCUT2D eigenvalue weighted by Crippen LogP contribution is -2.50. The monoisotopic (exact) mass is 457 g/mol. The summed E-state index contributed by atoms with van der Waals surface area (Å²) in [5, 5.41) is 15.8. The number of nitrogens with one attached hydrogen (secondary N) is 2. The van der Waals surface area contributed by atoms with Gasteiger partial charge in [-0.1, -0.05) is 42.5 Å². The van der Waals surface area contributed by atoms with Gasteiger partial charge in [0.1, 0.15) is 24.8 Å². The van der Waals surface area contributed by atoms with Crippen molar-refractivity contribution in [3.63, 3.8) is 0 Å². The fraction of sp³-hybridized carbons (Fsp3) is 0.348. The summed E-state index contributed by atoms with van der Waals surface area (Å²) in [6.07, 6.45) is -0.779. The number of amides is 2. The molecule has 0 radical (unpaired) electrons. The number of rotatable bonds is 9. The van der Waals surface area contributed by atoms with Gasteiger partial charge < -0.3 is 20.1 Å². The number of esters is 1. The molecule has 10 heteroatoms. The second-order valence-electron chi connectivity index (χ2n) is 8.19. The minimum absolute atomic E-state index is 0.0299. The third kappa shape index (κ3) is 9.38. The minimum atomic E-state index is -1.08. The Morgan fingerprint density at radius 3 is 2.21 bits per heavy atom. The van der Waals surface area contributed by atoms with Gasteiger partial charge in [-0.2, -0.15) is 0 Å². The molecule has 0 spiro atoms. The summed E-state index contributed by atoms with van der Waals surface area (Å²) in [5.74, 6) is -1.27. The molecule has 2 aromatic rings. The molecular weight excluding hydrogens is 430 g/mol. The first-order valence-electron chi connectivity index (χ1n) is 10.2. The maximum atomic E-state index is 12.7. The van der Waals surface area contributed by atoms with Crippen LogP contribution in [0.3, 0.4) is 0 Å². The van der Waals surface area contributed by atoms with Crippen molar-refractivity contribution in [3.8, 4) is 0 Å². The van der Waals surface area contributed by atoms with Crippen LogP contribution in [0.4, 0.5) is 10.5 Å². The molecule has 2 N–H and O–H groups in total. The molecule has 33 heavy (non-hydrogen) atoms. The Bertz CT molecular complexity index is 970. The average molecular weight is 457 g/mol. The molecule has 0 aromatic heterocycles. The number of hydrogen-bond acceptors (Lipinski definition) is 7. The number of carbonyl (C=O) groups is 3. The lowest BCUT2D eigenvalue weighted by Gasteiger charge is -2.23. The van der Waals surface area contributed by atoms with Gasteiger partial charge in [-0.3, -0.25) is 19.7 Å². The fourth-order valence-electron chi connectivity index (χ4n) is 2.72. The van der Waals surface area contributed by atoms with Gasteiger partial charge in [-0.05, 0) is 31.9 Å². The first-order chi connectivity index (χ1) is 15.5. The first-order valence-corrected chi connectivity index (χ1v) is 10.2. The highest BCUT2D eigenvalue weighted by Gasteiger charge is 2.25. The molecule has 10 nitrogen and oxygen atoms in total. The maximum absolute atomic E-state index is 12.7. The first kappa shape index (κ1) is 25.3. The van der Waals surface area contributed by atoms with Crippen LogP contribution in [0.1, 0.15) is 31.9 Å². The SMILES string of the molecule is CC(C)(C)OC(=O)N[C@H](Cc1ccc([N+](=O)[O-])cc1)C(=O)NCC(=O)OCc1ccccc1. The van der Waals surface area contributed by atoms with Crippen molar-refractivity contribution >= 4 is 23.7 Å². The number of benzene rings is 2. The number of nitrogens with zero attached hydrogens (tertiary/aromatic N) is 1. The molecule has 0 saturated heterocycles. The van der Waals surface area contributed by atoms with Crippen LogP contribution in [0.2, 0.25) is 0 Å². The molecule has 2 aromatic carbocycles. The van der Waals surface area contributed by atoms with Gasteiger partial charge in [0.25, 0.3) is 5.69 Å². The average Bonchev–Trinajstić information content (AvgIpc) is 2.75. The predicted octanol–water partition coefficient (Wildman–Crippen LogP) is 2.89. The van der Waals surface area contributed by atoms with E-state index in [4.69, 9.17) is 9.47 Å². The molecule has 0 aliphatic rings. The number of ether oxygens (including phenoxy) is 2. The van der Waals surface area contributed by atoms with Gasteiger partial charge in [0.05, 0.1) is 4.92 Å².